The predicted octanol–water partition coefficient (Wildman–Crippen LogP) is 2.92. The van der Waals surface area contributed by atoms with Crippen LogP contribution in [-0.4, -0.2) is 55.1 Å². The topological polar surface area (TPSA) is 52.6 Å². The molecule has 0 saturated carbocycles. The number of aliphatic imine (C=N–C) groups is 1. The predicted molar refractivity (Wildman–Crippen MR) is 109 cm³/mol. The van der Waals surface area contributed by atoms with Gasteiger partial charge in [0.15, 0.2) is 5.96 Å². The maximum Gasteiger partial charge on any atom is 0.191 e. The van der Waals surface area contributed by atoms with E-state index in [1.807, 2.05) is 6.20 Å². The lowest BCUT2D eigenvalue weighted by atomic mass is 9.97. The van der Waals surface area contributed by atoms with E-state index in [-0.39, 0.29) is 0 Å². The Morgan fingerprint density at radius 3 is 2.96 bits per heavy atom. The van der Waals surface area contributed by atoms with Crippen LogP contribution in [0, 0.1) is 18.8 Å². The Kier molecular flexibility index (Phi) is 8.68. The molecule has 1 fully saturated rings. The lowest BCUT2D eigenvalue weighted by Gasteiger charge is -2.33. The largest absolute Gasteiger partial charge is 0.357 e. The van der Waals surface area contributed by atoms with E-state index in [1.54, 1.807) is 11.3 Å². The number of rotatable bonds is 8. The van der Waals surface area contributed by atoms with Gasteiger partial charge in [-0.25, -0.2) is 4.98 Å². The summed E-state index contributed by atoms with van der Waals surface area (Å²) in [7, 11) is 0. The van der Waals surface area contributed by atoms with Gasteiger partial charge >= 0.3 is 0 Å². The first-order valence-corrected chi connectivity index (χ1v) is 10.5. The van der Waals surface area contributed by atoms with Crippen molar-refractivity contribution in [2.75, 3.05) is 39.3 Å². The molecule has 2 rings (SSSR count). The van der Waals surface area contributed by atoms with Gasteiger partial charge in [-0.3, -0.25) is 4.99 Å². The number of thiazole rings is 1. The van der Waals surface area contributed by atoms with Crippen molar-refractivity contribution in [2.24, 2.45) is 16.8 Å². The third kappa shape index (κ3) is 7.74. The highest BCUT2D eigenvalue weighted by Crippen LogP contribution is 2.17. The summed E-state index contributed by atoms with van der Waals surface area (Å²) in [5.74, 6) is 2.37. The molecule has 1 aromatic heterocycles. The third-order valence-corrected chi connectivity index (χ3v) is 5.35. The minimum absolute atomic E-state index is 0.685. The van der Waals surface area contributed by atoms with E-state index >= 15 is 0 Å². The molecule has 6 heteroatoms. The number of hydrogen-bond acceptors (Lipinski definition) is 4. The van der Waals surface area contributed by atoms with Gasteiger partial charge in [0.05, 0.1) is 5.01 Å². The Hall–Kier alpha value is -1.14. The quantitative estimate of drug-likeness (QED) is 0.549. The van der Waals surface area contributed by atoms with Crippen LogP contribution in [0.15, 0.2) is 11.2 Å². The van der Waals surface area contributed by atoms with Crippen molar-refractivity contribution in [3.8, 4) is 0 Å². The maximum absolute atomic E-state index is 4.84. The van der Waals surface area contributed by atoms with Crippen molar-refractivity contribution in [1.82, 2.24) is 20.5 Å². The molecule has 1 atom stereocenters. The van der Waals surface area contributed by atoms with Crippen LogP contribution >= 0.6 is 11.3 Å². The molecule has 1 saturated heterocycles. The highest BCUT2D eigenvalue weighted by molar-refractivity contribution is 7.11. The van der Waals surface area contributed by atoms with Crippen molar-refractivity contribution >= 4 is 17.3 Å². The number of guanidine groups is 1. The van der Waals surface area contributed by atoms with Gasteiger partial charge in [-0.1, -0.05) is 13.8 Å². The fourth-order valence-corrected chi connectivity index (χ4v) is 4.14. The Morgan fingerprint density at radius 2 is 2.28 bits per heavy atom. The molecule has 2 heterocycles. The number of hydrogen-bond donors (Lipinski definition) is 2. The standard InChI is InChI=1S/C19H35N5S/c1-5-20-19(21-9-8-18-22-11-16(4)25-18)23-12-17-7-6-10-24(14-17)13-15(2)3/h11,15,17H,5-10,12-14H2,1-4H3,(H2,20,21,23). The zero-order valence-electron chi connectivity index (χ0n) is 16.3. The maximum atomic E-state index is 4.84. The number of aromatic nitrogens is 1. The molecule has 1 aliphatic heterocycles. The molecule has 25 heavy (non-hydrogen) atoms. The molecule has 5 nitrogen and oxygen atoms in total. The fraction of sp³-hybridized carbons (Fsp3) is 0.789. The molecular weight excluding hydrogens is 330 g/mol. The van der Waals surface area contributed by atoms with E-state index in [0.29, 0.717) is 5.92 Å². The molecule has 0 bridgehead atoms. The third-order valence-electron chi connectivity index (χ3n) is 4.38. The summed E-state index contributed by atoms with van der Waals surface area (Å²) in [6, 6.07) is 0. The number of nitrogens with one attached hydrogen (secondary N) is 2. The van der Waals surface area contributed by atoms with Crippen molar-refractivity contribution in [2.45, 2.75) is 47.0 Å². The molecule has 0 aliphatic carbocycles. The first kappa shape index (κ1) is 20.2. The molecule has 142 valence electrons. The first-order chi connectivity index (χ1) is 12.1. The van der Waals surface area contributed by atoms with Gasteiger partial charge in [-0.2, -0.15) is 0 Å². The summed E-state index contributed by atoms with van der Waals surface area (Å²) < 4.78 is 0. The van der Waals surface area contributed by atoms with Gasteiger partial charge in [0.25, 0.3) is 0 Å². The van der Waals surface area contributed by atoms with Crippen molar-refractivity contribution in [3.63, 3.8) is 0 Å². The molecular formula is C19H35N5S. The summed E-state index contributed by atoms with van der Waals surface area (Å²) in [5, 5.41) is 8.01. The van der Waals surface area contributed by atoms with Gasteiger partial charge in [-0.05, 0) is 45.1 Å². The van der Waals surface area contributed by atoms with Crippen LogP contribution in [0.4, 0.5) is 0 Å². The molecule has 0 aromatic carbocycles. The Bertz CT molecular complexity index is 526. The van der Waals surface area contributed by atoms with Gasteiger partial charge in [0.2, 0.25) is 0 Å². The Balaban J connectivity index is 1.77. The summed E-state index contributed by atoms with van der Waals surface area (Å²) >= 11 is 1.78. The van der Waals surface area contributed by atoms with Crippen molar-refractivity contribution < 1.29 is 0 Å². The van der Waals surface area contributed by atoms with Gasteiger partial charge < -0.3 is 15.5 Å². The van der Waals surface area contributed by atoms with Crippen molar-refractivity contribution in [1.29, 1.82) is 0 Å². The number of aryl methyl sites for hydroxylation is 1. The second-order valence-corrected chi connectivity index (χ2v) is 8.74. The smallest absolute Gasteiger partial charge is 0.191 e. The van der Waals surface area contributed by atoms with Crippen LogP contribution in [0.25, 0.3) is 0 Å². The van der Waals surface area contributed by atoms with E-state index in [4.69, 9.17) is 4.99 Å². The molecule has 1 aromatic rings. The van der Waals surface area contributed by atoms with Gasteiger partial charge in [0, 0.05) is 50.2 Å². The molecule has 1 aliphatic rings. The molecule has 0 amide bonds. The average Bonchev–Trinajstić information content (AvgIpc) is 2.98. The lowest BCUT2D eigenvalue weighted by molar-refractivity contribution is 0.162. The zero-order chi connectivity index (χ0) is 18.1. The second kappa shape index (κ2) is 10.8. The van der Waals surface area contributed by atoms with E-state index < -0.39 is 0 Å². The number of piperidine rings is 1. The van der Waals surface area contributed by atoms with Gasteiger partial charge in [0.1, 0.15) is 0 Å². The average molecular weight is 366 g/mol. The fourth-order valence-electron chi connectivity index (χ4n) is 3.35. The van der Waals surface area contributed by atoms with Crippen LogP contribution in [-0.2, 0) is 6.42 Å². The zero-order valence-corrected chi connectivity index (χ0v) is 17.2. The van der Waals surface area contributed by atoms with Crippen LogP contribution in [0.1, 0.15) is 43.5 Å². The van der Waals surface area contributed by atoms with Crippen LogP contribution in [0.5, 0.6) is 0 Å². The molecule has 0 spiro atoms. The normalized spacial score (nSPS) is 19.4. The van der Waals surface area contributed by atoms with Crippen LogP contribution in [0.2, 0.25) is 0 Å². The van der Waals surface area contributed by atoms with E-state index in [9.17, 15) is 0 Å². The number of likely N-dealkylation sites (tertiary alicyclic amines) is 1. The monoisotopic (exact) mass is 365 g/mol. The summed E-state index contributed by atoms with van der Waals surface area (Å²) in [4.78, 5) is 13.1. The van der Waals surface area contributed by atoms with E-state index in [0.717, 1.165) is 37.9 Å². The highest BCUT2D eigenvalue weighted by atomic mass is 32.1. The SMILES string of the molecule is CCNC(=NCC1CCCN(CC(C)C)C1)NCCc1ncc(C)s1. The summed E-state index contributed by atoms with van der Waals surface area (Å²) in [6.07, 6.45) is 5.51. The second-order valence-electron chi connectivity index (χ2n) is 7.42. The molecule has 2 N–H and O–H groups in total. The first-order valence-electron chi connectivity index (χ1n) is 9.72. The van der Waals surface area contributed by atoms with Gasteiger partial charge in [-0.15, -0.1) is 11.3 Å². The lowest BCUT2D eigenvalue weighted by Crippen LogP contribution is -2.41. The highest BCUT2D eigenvalue weighted by Gasteiger charge is 2.20. The summed E-state index contributed by atoms with van der Waals surface area (Å²) in [6.45, 7) is 15.2. The Labute approximate surface area is 157 Å². The Morgan fingerprint density at radius 1 is 1.44 bits per heavy atom. The minimum atomic E-state index is 0.685. The van der Waals surface area contributed by atoms with E-state index in [1.165, 1.54) is 42.4 Å². The molecule has 1 unspecified atom stereocenters. The number of nitrogens with zero attached hydrogens (tertiary/aromatic N) is 3. The van der Waals surface area contributed by atoms with Crippen LogP contribution < -0.4 is 10.6 Å². The van der Waals surface area contributed by atoms with Crippen LogP contribution in [0.3, 0.4) is 0 Å². The minimum Gasteiger partial charge on any atom is -0.357 e. The van der Waals surface area contributed by atoms with E-state index in [2.05, 4.69) is 48.2 Å². The van der Waals surface area contributed by atoms with Crippen molar-refractivity contribution in [3.05, 3.63) is 16.1 Å². The molecule has 0 radical (unpaired) electrons. The summed E-state index contributed by atoms with van der Waals surface area (Å²) in [5.41, 5.74) is 0.